The molecule has 0 atom stereocenters. The van der Waals surface area contributed by atoms with E-state index >= 15 is 0 Å². The summed E-state index contributed by atoms with van der Waals surface area (Å²) < 4.78 is 17.4. The molecule has 11 nitrogen and oxygen atoms in total. The molecule has 1 amide bonds. The molecular formula is C52H62N6O5. The Morgan fingerprint density at radius 1 is 0.444 bits per heavy atom. The van der Waals surface area contributed by atoms with Gasteiger partial charge in [-0.2, -0.15) is 20.5 Å². The molecule has 0 spiro atoms. The molecule has 6 rings (SSSR count). The third-order valence-corrected chi connectivity index (χ3v) is 11.0. The summed E-state index contributed by atoms with van der Waals surface area (Å²) in [4.78, 5) is 30.4. The molecule has 0 bridgehead atoms. The summed E-state index contributed by atoms with van der Waals surface area (Å²) in [6.07, 6.45) is 14.8. The number of rotatable bonds is 24. The number of carbonyl (C=O) groups is 2. The van der Waals surface area contributed by atoms with Crippen molar-refractivity contribution < 1.29 is 23.8 Å². The molecule has 1 aliphatic rings. The van der Waals surface area contributed by atoms with E-state index in [1.54, 1.807) is 48.5 Å². The molecule has 1 fully saturated rings. The monoisotopic (exact) mass is 850 g/mol. The minimum Gasteiger partial charge on any atom is -0.494 e. The molecule has 1 heterocycles. The first-order chi connectivity index (χ1) is 31.0. The largest absolute Gasteiger partial charge is 0.494 e. The van der Waals surface area contributed by atoms with Crippen LogP contribution in [0.5, 0.6) is 17.2 Å². The van der Waals surface area contributed by atoms with Gasteiger partial charge in [0.15, 0.2) is 0 Å². The van der Waals surface area contributed by atoms with Crippen molar-refractivity contribution in [1.29, 1.82) is 0 Å². The maximum atomic E-state index is 13.3. The van der Waals surface area contributed by atoms with Crippen molar-refractivity contribution >= 4 is 40.3 Å². The number of unbranched alkanes of at least 4 members (excludes halogenated alkanes) is 10. The summed E-state index contributed by atoms with van der Waals surface area (Å²) in [6, 6.07) is 36.7. The Labute approximate surface area is 373 Å². The molecule has 5 aromatic rings. The quantitative estimate of drug-likeness (QED) is 0.0264. The highest BCUT2D eigenvalue weighted by Gasteiger charge is 2.22. The molecule has 0 aromatic heterocycles. The Hall–Kier alpha value is -6.36. The van der Waals surface area contributed by atoms with Gasteiger partial charge in [-0.15, -0.1) is 0 Å². The van der Waals surface area contributed by atoms with E-state index in [0.717, 1.165) is 48.9 Å². The van der Waals surface area contributed by atoms with Crippen LogP contribution in [0.1, 0.15) is 112 Å². The molecule has 1 aliphatic heterocycles. The lowest BCUT2D eigenvalue weighted by molar-refractivity contribution is 0.0731. The van der Waals surface area contributed by atoms with E-state index in [4.69, 9.17) is 14.2 Å². The molecule has 11 heteroatoms. The lowest BCUT2D eigenvalue weighted by Gasteiger charge is -2.36. The molecule has 0 aliphatic carbocycles. The first kappa shape index (κ1) is 46.2. The van der Waals surface area contributed by atoms with Gasteiger partial charge in [0.25, 0.3) is 5.91 Å². The predicted molar refractivity (Wildman–Crippen MR) is 251 cm³/mol. The Bertz CT molecular complexity index is 2170. The molecule has 0 saturated carbocycles. The number of piperazine rings is 1. The molecule has 330 valence electrons. The van der Waals surface area contributed by atoms with Gasteiger partial charge in [-0.3, -0.25) is 4.79 Å². The zero-order chi connectivity index (χ0) is 43.9. The second-order valence-electron chi connectivity index (χ2n) is 15.9. The summed E-state index contributed by atoms with van der Waals surface area (Å²) in [6.45, 7) is 8.45. The van der Waals surface area contributed by atoms with Crippen molar-refractivity contribution in [2.75, 3.05) is 44.3 Å². The Morgan fingerprint density at radius 2 is 0.825 bits per heavy atom. The van der Waals surface area contributed by atoms with Crippen LogP contribution in [0.15, 0.2) is 142 Å². The first-order valence-corrected chi connectivity index (χ1v) is 22.8. The summed E-state index contributed by atoms with van der Waals surface area (Å²) in [5, 5.41) is 17.4. The summed E-state index contributed by atoms with van der Waals surface area (Å²) >= 11 is 0. The SMILES string of the molecule is CCCCCCCCOc1ccc(N=Nc2ccc(C(=O)Oc3ccc(N4CCN(C(=O)c5ccc(N=Nc6ccc(OCCCCCCCC)cc6)cc5)CC4)cc3)cc2)cc1. The van der Waals surface area contributed by atoms with Crippen molar-refractivity contribution in [1.82, 2.24) is 4.90 Å². The normalized spacial score (nSPS) is 12.9. The summed E-state index contributed by atoms with van der Waals surface area (Å²) in [5.74, 6) is 1.64. The number of carbonyl (C=O) groups excluding carboxylic acids is 2. The van der Waals surface area contributed by atoms with E-state index in [0.29, 0.717) is 60.1 Å². The standard InChI is InChI=1S/C52H62N6O5/c1-3-5-7-9-11-13-39-61-48-29-23-45(24-30-48)55-53-43-19-15-41(16-20-43)51(59)58-37-35-57(36-38-58)47-27-33-50(34-28-47)63-52(60)42-17-21-44(22-18-42)54-56-46-25-31-49(32-26-46)62-40-14-12-10-8-6-4-2/h15-34H,3-14,35-40H2,1-2H3. The number of ether oxygens (including phenoxy) is 3. The fourth-order valence-corrected chi connectivity index (χ4v) is 7.17. The van der Waals surface area contributed by atoms with Crippen LogP contribution < -0.4 is 19.1 Å². The third kappa shape index (κ3) is 15.5. The predicted octanol–water partition coefficient (Wildman–Crippen LogP) is 14.2. The topological polar surface area (TPSA) is 118 Å². The van der Waals surface area contributed by atoms with Crippen molar-refractivity contribution in [2.24, 2.45) is 20.5 Å². The van der Waals surface area contributed by atoms with Gasteiger partial charge >= 0.3 is 5.97 Å². The number of benzene rings is 5. The summed E-state index contributed by atoms with van der Waals surface area (Å²) in [5.41, 5.74) is 4.78. The third-order valence-electron chi connectivity index (χ3n) is 11.0. The molecule has 5 aromatic carbocycles. The number of hydrogen-bond acceptors (Lipinski definition) is 10. The number of anilines is 1. The van der Waals surface area contributed by atoms with Gasteiger partial charge in [0.2, 0.25) is 0 Å². The average Bonchev–Trinajstić information content (AvgIpc) is 3.33. The van der Waals surface area contributed by atoms with E-state index in [9.17, 15) is 9.59 Å². The number of esters is 1. The second kappa shape index (κ2) is 25.5. The molecule has 0 unspecified atom stereocenters. The Morgan fingerprint density at radius 3 is 1.27 bits per heavy atom. The van der Waals surface area contributed by atoms with Crippen LogP contribution in [0.3, 0.4) is 0 Å². The van der Waals surface area contributed by atoms with Crippen LogP contribution >= 0.6 is 0 Å². The van der Waals surface area contributed by atoms with E-state index in [1.165, 1.54) is 64.2 Å². The maximum Gasteiger partial charge on any atom is 0.343 e. The molecule has 0 radical (unpaired) electrons. The second-order valence-corrected chi connectivity index (χ2v) is 15.9. The number of hydrogen-bond donors (Lipinski definition) is 0. The number of azo groups is 2. The average molecular weight is 851 g/mol. The summed E-state index contributed by atoms with van der Waals surface area (Å²) in [7, 11) is 0. The van der Waals surface area contributed by atoms with E-state index in [-0.39, 0.29) is 5.91 Å². The molecular weight excluding hydrogens is 789 g/mol. The lowest BCUT2D eigenvalue weighted by Crippen LogP contribution is -2.48. The number of amides is 1. The van der Waals surface area contributed by atoms with Crippen molar-refractivity contribution in [3.63, 3.8) is 0 Å². The lowest BCUT2D eigenvalue weighted by atomic mass is 10.1. The first-order valence-electron chi connectivity index (χ1n) is 22.8. The minimum absolute atomic E-state index is 0.0116. The van der Waals surface area contributed by atoms with E-state index in [1.807, 2.05) is 77.7 Å². The van der Waals surface area contributed by atoms with Gasteiger partial charge in [-0.05, 0) is 134 Å². The van der Waals surface area contributed by atoms with Gasteiger partial charge in [-0.25, -0.2) is 4.79 Å². The Kier molecular flexibility index (Phi) is 18.7. The van der Waals surface area contributed by atoms with Crippen LogP contribution in [-0.4, -0.2) is 56.2 Å². The van der Waals surface area contributed by atoms with Gasteiger partial charge in [0.05, 0.1) is 41.5 Å². The van der Waals surface area contributed by atoms with Crippen molar-refractivity contribution in [3.8, 4) is 17.2 Å². The smallest absolute Gasteiger partial charge is 0.343 e. The van der Waals surface area contributed by atoms with Gasteiger partial charge in [0, 0.05) is 37.4 Å². The van der Waals surface area contributed by atoms with Crippen LogP contribution in [0.2, 0.25) is 0 Å². The van der Waals surface area contributed by atoms with Gasteiger partial charge in [-0.1, -0.05) is 78.1 Å². The van der Waals surface area contributed by atoms with Crippen LogP contribution in [0.25, 0.3) is 0 Å². The fourth-order valence-electron chi connectivity index (χ4n) is 7.17. The van der Waals surface area contributed by atoms with Crippen LogP contribution in [0.4, 0.5) is 28.4 Å². The molecule has 63 heavy (non-hydrogen) atoms. The zero-order valence-corrected chi connectivity index (χ0v) is 37.0. The zero-order valence-electron chi connectivity index (χ0n) is 37.0. The van der Waals surface area contributed by atoms with Gasteiger partial charge in [0.1, 0.15) is 17.2 Å². The fraction of sp³-hybridized carbons (Fsp3) is 0.385. The molecule has 0 N–H and O–H groups in total. The Balaban J connectivity index is 0.882. The van der Waals surface area contributed by atoms with Crippen LogP contribution in [-0.2, 0) is 0 Å². The van der Waals surface area contributed by atoms with Crippen LogP contribution in [0, 0.1) is 0 Å². The van der Waals surface area contributed by atoms with E-state index in [2.05, 4.69) is 39.2 Å². The minimum atomic E-state index is -0.458. The highest BCUT2D eigenvalue weighted by molar-refractivity contribution is 5.94. The van der Waals surface area contributed by atoms with Gasteiger partial charge < -0.3 is 24.0 Å². The van der Waals surface area contributed by atoms with Crippen molar-refractivity contribution in [3.05, 3.63) is 132 Å². The highest BCUT2D eigenvalue weighted by Crippen LogP contribution is 2.26. The van der Waals surface area contributed by atoms with E-state index < -0.39 is 5.97 Å². The maximum absolute atomic E-state index is 13.3. The van der Waals surface area contributed by atoms with Crippen molar-refractivity contribution in [2.45, 2.75) is 90.9 Å². The number of nitrogens with zero attached hydrogens (tertiary/aromatic N) is 6. The molecule has 1 saturated heterocycles. The highest BCUT2D eigenvalue weighted by atomic mass is 16.5.